The van der Waals surface area contributed by atoms with Crippen LogP contribution in [0, 0.1) is 11.8 Å². The summed E-state index contributed by atoms with van der Waals surface area (Å²) in [7, 11) is 0. The van der Waals surface area contributed by atoms with Crippen LogP contribution in [0.15, 0.2) is 10.5 Å². The summed E-state index contributed by atoms with van der Waals surface area (Å²) in [4.78, 5) is 14.5. The molecule has 2 aliphatic rings. The Hall–Kier alpha value is -2.18. The minimum Gasteiger partial charge on any atom is -0.425 e. The van der Waals surface area contributed by atoms with Gasteiger partial charge in [-0.2, -0.15) is 5.10 Å². The second-order valence-electron chi connectivity index (χ2n) is 7.78. The topological polar surface area (TPSA) is 87.9 Å². The summed E-state index contributed by atoms with van der Waals surface area (Å²) < 4.78 is 5.73. The summed E-state index contributed by atoms with van der Waals surface area (Å²) >= 11 is 0. The van der Waals surface area contributed by atoms with Gasteiger partial charge in [-0.15, -0.1) is 10.2 Å². The fourth-order valence-electron chi connectivity index (χ4n) is 3.44. The molecule has 1 aliphatic carbocycles. The Balaban J connectivity index is 1.32. The first kappa shape index (κ1) is 16.3. The van der Waals surface area contributed by atoms with Gasteiger partial charge in [0.05, 0.1) is 0 Å². The molecule has 1 saturated carbocycles. The Morgan fingerprint density at radius 3 is 2.88 bits per heavy atom. The van der Waals surface area contributed by atoms with Gasteiger partial charge in [-0.1, -0.05) is 13.8 Å². The smallest absolute Gasteiger partial charge is 0.274 e. The van der Waals surface area contributed by atoms with Crippen LogP contribution in [0.1, 0.15) is 67.0 Å². The quantitative estimate of drug-likeness (QED) is 0.871. The molecule has 0 spiro atoms. The van der Waals surface area contributed by atoms with E-state index in [1.165, 1.54) is 12.8 Å². The molecule has 1 saturated heterocycles. The van der Waals surface area contributed by atoms with Crippen molar-refractivity contribution in [3.05, 3.63) is 29.2 Å². The zero-order valence-corrected chi connectivity index (χ0v) is 14.9. The highest BCUT2D eigenvalue weighted by Crippen LogP contribution is 2.39. The zero-order chi connectivity index (χ0) is 17.4. The van der Waals surface area contributed by atoms with Crippen molar-refractivity contribution in [1.82, 2.24) is 25.3 Å². The largest absolute Gasteiger partial charge is 0.425 e. The number of aromatic amines is 1. The van der Waals surface area contributed by atoms with E-state index in [0.29, 0.717) is 35.2 Å². The molecule has 2 aromatic rings. The molecule has 25 heavy (non-hydrogen) atoms. The Bertz CT molecular complexity index is 746. The molecule has 0 radical (unpaired) electrons. The van der Waals surface area contributed by atoms with Crippen molar-refractivity contribution in [1.29, 1.82) is 0 Å². The van der Waals surface area contributed by atoms with E-state index in [1.807, 2.05) is 11.0 Å². The summed E-state index contributed by atoms with van der Waals surface area (Å²) in [6.45, 7) is 5.76. The molecule has 2 aromatic heterocycles. The fourth-order valence-corrected chi connectivity index (χ4v) is 3.44. The predicted molar refractivity (Wildman–Crippen MR) is 91.1 cm³/mol. The Kier molecular flexibility index (Phi) is 4.31. The maximum absolute atomic E-state index is 12.6. The van der Waals surface area contributed by atoms with Gasteiger partial charge < -0.3 is 9.32 Å². The normalized spacial score (nSPS) is 20.6. The standard InChI is InChI=1S/C18H25N5O2/c1-11(2)7-16-21-22-17(25-16)8-12-5-6-23(10-12)18(24)15-9-14(19-20-15)13-3-4-13/h9,11-13H,3-8,10H2,1-2H3,(H,19,20). The van der Waals surface area contributed by atoms with Gasteiger partial charge in [-0.25, -0.2) is 0 Å². The average molecular weight is 343 g/mol. The fraction of sp³-hybridized carbons (Fsp3) is 0.667. The molecule has 7 heteroatoms. The lowest BCUT2D eigenvalue weighted by molar-refractivity contribution is 0.0780. The van der Waals surface area contributed by atoms with E-state index >= 15 is 0 Å². The molecule has 0 bridgehead atoms. The molecular weight excluding hydrogens is 318 g/mol. The van der Waals surface area contributed by atoms with Crippen molar-refractivity contribution in [3.8, 4) is 0 Å². The van der Waals surface area contributed by atoms with Crippen molar-refractivity contribution in [2.75, 3.05) is 13.1 Å². The minimum absolute atomic E-state index is 0.0247. The third kappa shape index (κ3) is 3.75. The van der Waals surface area contributed by atoms with Gasteiger partial charge in [0.2, 0.25) is 11.8 Å². The van der Waals surface area contributed by atoms with E-state index in [1.54, 1.807) is 0 Å². The molecule has 1 N–H and O–H groups in total. The number of aromatic nitrogens is 4. The van der Waals surface area contributed by atoms with Gasteiger partial charge in [-0.05, 0) is 37.2 Å². The van der Waals surface area contributed by atoms with E-state index in [2.05, 4.69) is 34.2 Å². The van der Waals surface area contributed by atoms with Crippen molar-refractivity contribution in [2.45, 2.75) is 51.9 Å². The molecule has 0 aromatic carbocycles. The Labute approximate surface area is 147 Å². The highest BCUT2D eigenvalue weighted by molar-refractivity contribution is 5.92. The number of nitrogens with one attached hydrogen (secondary N) is 1. The van der Waals surface area contributed by atoms with E-state index < -0.39 is 0 Å². The van der Waals surface area contributed by atoms with Crippen LogP contribution in [-0.2, 0) is 12.8 Å². The van der Waals surface area contributed by atoms with Crippen LogP contribution in [0.2, 0.25) is 0 Å². The molecule has 2 fully saturated rings. The first-order valence-corrected chi connectivity index (χ1v) is 9.24. The molecule has 4 rings (SSSR count). The molecule has 134 valence electrons. The van der Waals surface area contributed by atoms with Crippen LogP contribution in [0.3, 0.4) is 0 Å². The summed E-state index contributed by atoms with van der Waals surface area (Å²) in [6, 6.07) is 1.92. The second kappa shape index (κ2) is 6.61. The number of amides is 1. The van der Waals surface area contributed by atoms with Gasteiger partial charge in [0, 0.05) is 37.5 Å². The maximum atomic E-state index is 12.6. The molecule has 1 amide bonds. The average Bonchev–Trinajstić information content (AvgIpc) is 3.00. The Morgan fingerprint density at radius 1 is 1.32 bits per heavy atom. The van der Waals surface area contributed by atoms with Gasteiger partial charge in [0.15, 0.2) is 0 Å². The third-order valence-corrected chi connectivity index (χ3v) is 4.96. The number of likely N-dealkylation sites (tertiary alicyclic amines) is 1. The van der Waals surface area contributed by atoms with Crippen molar-refractivity contribution < 1.29 is 9.21 Å². The van der Waals surface area contributed by atoms with Crippen molar-refractivity contribution in [2.24, 2.45) is 11.8 Å². The van der Waals surface area contributed by atoms with Gasteiger partial charge in [0.1, 0.15) is 5.69 Å². The first-order valence-electron chi connectivity index (χ1n) is 9.24. The van der Waals surface area contributed by atoms with Crippen LogP contribution in [0.4, 0.5) is 0 Å². The second-order valence-corrected chi connectivity index (χ2v) is 7.78. The van der Waals surface area contributed by atoms with Gasteiger partial charge in [-0.3, -0.25) is 9.89 Å². The Morgan fingerprint density at radius 2 is 2.12 bits per heavy atom. The van der Waals surface area contributed by atoms with E-state index in [4.69, 9.17) is 4.42 Å². The lowest BCUT2D eigenvalue weighted by Crippen LogP contribution is -2.29. The van der Waals surface area contributed by atoms with Crippen LogP contribution < -0.4 is 0 Å². The number of nitrogens with zero attached hydrogens (tertiary/aromatic N) is 4. The molecule has 1 aliphatic heterocycles. The molecule has 1 atom stereocenters. The summed E-state index contributed by atoms with van der Waals surface area (Å²) in [5, 5.41) is 15.5. The van der Waals surface area contributed by atoms with E-state index in [-0.39, 0.29) is 5.91 Å². The lowest BCUT2D eigenvalue weighted by Gasteiger charge is -2.14. The van der Waals surface area contributed by atoms with Gasteiger partial charge in [0.25, 0.3) is 5.91 Å². The van der Waals surface area contributed by atoms with Crippen LogP contribution in [0.5, 0.6) is 0 Å². The first-order chi connectivity index (χ1) is 12.1. The minimum atomic E-state index is 0.0247. The summed E-state index contributed by atoms with van der Waals surface area (Å²) in [5.41, 5.74) is 1.64. The van der Waals surface area contributed by atoms with Crippen LogP contribution in [-0.4, -0.2) is 44.3 Å². The number of carbonyl (C=O) groups is 1. The molecular formula is C18H25N5O2. The number of hydrogen-bond acceptors (Lipinski definition) is 5. The van der Waals surface area contributed by atoms with Crippen molar-refractivity contribution in [3.63, 3.8) is 0 Å². The molecule has 3 heterocycles. The highest BCUT2D eigenvalue weighted by atomic mass is 16.4. The monoisotopic (exact) mass is 343 g/mol. The number of hydrogen-bond donors (Lipinski definition) is 1. The molecule has 7 nitrogen and oxygen atoms in total. The van der Waals surface area contributed by atoms with E-state index in [9.17, 15) is 4.79 Å². The predicted octanol–water partition coefficient (Wildman–Crippen LogP) is 2.57. The maximum Gasteiger partial charge on any atom is 0.274 e. The highest BCUT2D eigenvalue weighted by Gasteiger charge is 2.31. The van der Waals surface area contributed by atoms with Crippen LogP contribution in [0.25, 0.3) is 0 Å². The lowest BCUT2D eigenvalue weighted by atomic mass is 10.1. The summed E-state index contributed by atoms with van der Waals surface area (Å²) in [6.07, 6.45) is 4.91. The molecule has 1 unspecified atom stereocenters. The number of carbonyl (C=O) groups excluding carboxylic acids is 1. The van der Waals surface area contributed by atoms with Crippen molar-refractivity contribution >= 4 is 5.91 Å². The SMILES string of the molecule is CC(C)Cc1nnc(CC2CCN(C(=O)c3cc(C4CC4)[nH]n3)C2)o1. The number of H-pyrrole nitrogens is 1. The van der Waals surface area contributed by atoms with E-state index in [0.717, 1.165) is 38.0 Å². The third-order valence-electron chi connectivity index (χ3n) is 4.96. The van der Waals surface area contributed by atoms with Crippen LogP contribution >= 0.6 is 0 Å². The zero-order valence-electron chi connectivity index (χ0n) is 14.9. The van der Waals surface area contributed by atoms with Gasteiger partial charge >= 0.3 is 0 Å². The summed E-state index contributed by atoms with van der Waals surface area (Å²) in [5.74, 6) is 2.88. The number of rotatable bonds is 6.